The summed E-state index contributed by atoms with van der Waals surface area (Å²) in [6.07, 6.45) is 1.37. The second-order valence-electron chi connectivity index (χ2n) is 6.87. The number of anilines is 1. The third kappa shape index (κ3) is 4.34. The molecule has 154 valence electrons. The number of rotatable bonds is 5. The van der Waals surface area contributed by atoms with Gasteiger partial charge in [-0.05, 0) is 48.9 Å². The molecule has 0 aliphatic carbocycles. The second-order valence-corrected chi connectivity index (χ2v) is 7.99. The van der Waals surface area contributed by atoms with Gasteiger partial charge >= 0.3 is 0 Å². The number of hydrogen-bond acceptors (Lipinski definition) is 5. The van der Waals surface area contributed by atoms with Crippen molar-refractivity contribution >= 4 is 41.0 Å². The van der Waals surface area contributed by atoms with Gasteiger partial charge in [-0.2, -0.15) is 0 Å². The monoisotopic (exact) mass is 431 g/mol. The Balaban J connectivity index is 1.64. The van der Waals surface area contributed by atoms with E-state index in [2.05, 4.69) is 5.43 Å². The van der Waals surface area contributed by atoms with Crippen LogP contribution in [0.4, 0.5) is 11.4 Å². The molecule has 8 heteroatoms. The fourth-order valence-electron chi connectivity index (χ4n) is 3.07. The van der Waals surface area contributed by atoms with Crippen LogP contribution in [0.3, 0.4) is 0 Å². The third-order valence-corrected chi connectivity index (χ3v) is 5.72. The number of carbonyl (C=O) groups is 2. The van der Waals surface area contributed by atoms with Crippen molar-refractivity contribution < 1.29 is 14.5 Å². The van der Waals surface area contributed by atoms with Gasteiger partial charge < -0.3 is 0 Å². The van der Waals surface area contributed by atoms with E-state index in [1.165, 1.54) is 23.9 Å². The molecular weight excluding hydrogens is 414 g/mol. The van der Waals surface area contributed by atoms with E-state index in [0.717, 1.165) is 15.5 Å². The number of para-hydroxylation sites is 1. The summed E-state index contributed by atoms with van der Waals surface area (Å²) in [5.41, 5.74) is 4.36. The molecule has 4 rings (SSSR count). The lowest BCUT2D eigenvalue weighted by Gasteiger charge is -2.13. The standard InChI is InChI=1S/C23H17N3O4S/c1-15-7-10-18(11-8-15)31-21-12-9-16(14-20(21)26(29)30)13-19-22(27)24-25(23(19)28)17-5-3-2-4-6-17/h2-14H,1H3,(H,24,27)/b19-13+. The second kappa shape index (κ2) is 8.45. The summed E-state index contributed by atoms with van der Waals surface area (Å²) in [7, 11) is 0. The molecule has 0 atom stereocenters. The van der Waals surface area contributed by atoms with Crippen LogP contribution in [0.15, 0.2) is 88.2 Å². The minimum Gasteiger partial charge on any atom is -0.267 e. The van der Waals surface area contributed by atoms with Crippen LogP contribution in [0, 0.1) is 17.0 Å². The highest BCUT2D eigenvalue weighted by Gasteiger charge is 2.34. The van der Waals surface area contributed by atoms with Crippen LogP contribution in [0.1, 0.15) is 11.1 Å². The first kappa shape index (κ1) is 20.4. The van der Waals surface area contributed by atoms with Crippen LogP contribution in [0.5, 0.6) is 0 Å². The summed E-state index contributed by atoms with van der Waals surface area (Å²) in [6, 6.07) is 21.0. The Morgan fingerprint density at radius 3 is 2.39 bits per heavy atom. The molecule has 7 nitrogen and oxygen atoms in total. The molecule has 0 unspecified atom stereocenters. The molecule has 0 spiro atoms. The Bertz CT molecular complexity index is 1210. The van der Waals surface area contributed by atoms with Crippen molar-refractivity contribution in [3.05, 3.63) is 99.6 Å². The molecular formula is C23H17N3O4S. The van der Waals surface area contributed by atoms with Crippen LogP contribution < -0.4 is 10.4 Å². The summed E-state index contributed by atoms with van der Waals surface area (Å²) in [5.74, 6) is -1.08. The number of nitrogens with one attached hydrogen (secondary N) is 1. The van der Waals surface area contributed by atoms with Gasteiger partial charge in [0.15, 0.2) is 0 Å². The summed E-state index contributed by atoms with van der Waals surface area (Å²) in [6.45, 7) is 1.97. The van der Waals surface area contributed by atoms with Gasteiger partial charge in [0.25, 0.3) is 17.5 Å². The number of nitro groups is 1. The molecule has 0 radical (unpaired) electrons. The topological polar surface area (TPSA) is 92.6 Å². The first-order valence-corrected chi connectivity index (χ1v) is 10.2. The maximum Gasteiger partial charge on any atom is 0.283 e. The molecule has 1 saturated heterocycles. The molecule has 0 bridgehead atoms. The van der Waals surface area contributed by atoms with E-state index in [-0.39, 0.29) is 11.3 Å². The van der Waals surface area contributed by atoms with E-state index in [9.17, 15) is 19.7 Å². The maximum atomic E-state index is 12.7. The van der Waals surface area contributed by atoms with Crippen molar-refractivity contribution in [2.24, 2.45) is 0 Å². The van der Waals surface area contributed by atoms with Crippen molar-refractivity contribution in [1.29, 1.82) is 0 Å². The Labute approximate surface area is 182 Å². The summed E-state index contributed by atoms with van der Waals surface area (Å²) in [5, 5.41) is 12.8. The van der Waals surface area contributed by atoms with Crippen LogP contribution in [-0.2, 0) is 9.59 Å². The molecule has 1 aliphatic rings. The van der Waals surface area contributed by atoms with Gasteiger partial charge in [-0.1, -0.05) is 53.7 Å². The van der Waals surface area contributed by atoms with Crippen molar-refractivity contribution in [3.63, 3.8) is 0 Å². The van der Waals surface area contributed by atoms with Gasteiger partial charge in [-0.25, -0.2) is 5.01 Å². The Kier molecular flexibility index (Phi) is 5.55. The summed E-state index contributed by atoms with van der Waals surface area (Å²) >= 11 is 1.28. The molecule has 3 aromatic rings. The molecule has 31 heavy (non-hydrogen) atoms. The smallest absolute Gasteiger partial charge is 0.267 e. The zero-order valence-electron chi connectivity index (χ0n) is 16.4. The molecule has 1 aliphatic heterocycles. The molecule has 1 N–H and O–H groups in total. The number of hydrogen-bond donors (Lipinski definition) is 1. The minimum atomic E-state index is -0.561. The first-order valence-electron chi connectivity index (χ1n) is 9.37. The van der Waals surface area contributed by atoms with Crippen LogP contribution in [0.25, 0.3) is 6.08 Å². The first-order chi connectivity index (χ1) is 14.9. The number of carbonyl (C=O) groups excluding carboxylic acids is 2. The normalized spacial score (nSPS) is 14.7. The van der Waals surface area contributed by atoms with Crippen molar-refractivity contribution in [2.75, 3.05) is 5.01 Å². The van der Waals surface area contributed by atoms with E-state index in [1.54, 1.807) is 42.5 Å². The Hall–Kier alpha value is -3.91. The van der Waals surface area contributed by atoms with E-state index < -0.39 is 16.7 Å². The average molecular weight is 431 g/mol. The Morgan fingerprint density at radius 2 is 1.71 bits per heavy atom. The molecule has 2 amide bonds. The highest BCUT2D eigenvalue weighted by atomic mass is 32.2. The number of hydrazine groups is 1. The van der Waals surface area contributed by atoms with Crippen molar-refractivity contribution in [1.82, 2.24) is 5.43 Å². The van der Waals surface area contributed by atoms with E-state index in [4.69, 9.17) is 0 Å². The molecule has 0 aromatic heterocycles. The highest BCUT2D eigenvalue weighted by Crippen LogP contribution is 2.36. The predicted molar refractivity (Wildman–Crippen MR) is 118 cm³/mol. The quantitative estimate of drug-likeness (QED) is 0.278. The largest absolute Gasteiger partial charge is 0.283 e. The van der Waals surface area contributed by atoms with Crippen LogP contribution >= 0.6 is 11.8 Å². The lowest BCUT2D eigenvalue weighted by Crippen LogP contribution is -2.35. The molecule has 1 fully saturated rings. The van der Waals surface area contributed by atoms with Gasteiger partial charge in [-0.3, -0.25) is 25.1 Å². The van der Waals surface area contributed by atoms with Crippen LogP contribution in [0.2, 0.25) is 0 Å². The maximum absolute atomic E-state index is 12.7. The zero-order chi connectivity index (χ0) is 22.0. The fraction of sp³-hybridized carbons (Fsp3) is 0.0435. The molecule has 3 aromatic carbocycles. The number of nitrogens with zero attached hydrogens (tertiary/aromatic N) is 2. The van der Waals surface area contributed by atoms with Gasteiger partial charge in [-0.15, -0.1) is 0 Å². The number of aryl methyl sites for hydroxylation is 1. The molecule has 1 heterocycles. The van der Waals surface area contributed by atoms with Gasteiger partial charge in [0.2, 0.25) is 0 Å². The lowest BCUT2D eigenvalue weighted by atomic mass is 10.1. The Morgan fingerprint density at radius 1 is 1.00 bits per heavy atom. The summed E-state index contributed by atoms with van der Waals surface area (Å²) < 4.78 is 0. The summed E-state index contributed by atoms with van der Waals surface area (Å²) in [4.78, 5) is 37.6. The minimum absolute atomic E-state index is 0.0860. The van der Waals surface area contributed by atoms with Crippen molar-refractivity contribution in [3.8, 4) is 0 Å². The van der Waals surface area contributed by atoms with Gasteiger partial charge in [0.1, 0.15) is 5.57 Å². The van der Waals surface area contributed by atoms with Crippen LogP contribution in [-0.4, -0.2) is 16.7 Å². The predicted octanol–water partition coefficient (Wildman–Crippen LogP) is 4.52. The van der Waals surface area contributed by atoms with Gasteiger partial charge in [0, 0.05) is 11.0 Å². The number of benzene rings is 3. The SMILES string of the molecule is Cc1ccc(Sc2ccc(/C=C3\C(=O)NN(c4ccccc4)C3=O)cc2[N+](=O)[O-])cc1. The number of nitro benzene ring substituents is 1. The van der Waals surface area contributed by atoms with Crippen molar-refractivity contribution in [2.45, 2.75) is 16.7 Å². The number of amides is 2. The van der Waals surface area contributed by atoms with Gasteiger partial charge in [0.05, 0.1) is 15.5 Å². The van der Waals surface area contributed by atoms with E-state index >= 15 is 0 Å². The van der Waals surface area contributed by atoms with E-state index in [0.29, 0.717) is 16.1 Å². The zero-order valence-corrected chi connectivity index (χ0v) is 17.3. The highest BCUT2D eigenvalue weighted by molar-refractivity contribution is 7.99. The lowest BCUT2D eigenvalue weighted by molar-refractivity contribution is -0.387. The third-order valence-electron chi connectivity index (χ3n) is 4.65. The average Bonchev–Trinajstić information content (AvgIpc) is 3.05. The van der Waals surface area contributed by atoms with E-state index in [1.807, 2.05) is 31.2 Å². The molecule has 0 saturated carbocycles. The fourth-order valence-corrected chi connectivity index (χ4v) is 3.97.